The van der Waals surface area contributed by atoms with Crippen molar-refractivity contribution in [3.63, 3.8) is 0 Å². The van der Waals surface area contributed by atoms with Gasteiger partial charge >= 0.3 is 0 Å². The van der Waals surface area contributed by atoms with E-state index < -0.39 is 0 Å². The van der Waals surface area contributed by atoms with Gasteiger partial charge in [0, 0.05) is 0 Å². The summed E-state index contributed by atoms with van der Waals surface area (Å²) in [6.07, 6.45) is 11.8. The van der Waals surface area contributed by atoms with Crippen molar-refractivity contribution in [2.24, 2.45) is 5.92 Å². The number of hydrogen-bond donors (Lipinski definition) is 0. The van der Waals surface area contributed by atoms with E-state index in [2.05, 4.69) is 13.3 Å². The van der Waals surface area contributed by atoms with Gasteiger partial charge in [-0.25, -0.2) is 0 Å². The zero-order valence-electron chi connectivity index (χ0n) is 6.32. The van der Waals surface area contributed by atoms with Crippen molar-refractivity contribution in [1.29, 1.82) is 0 Å². The molecular formula is C9H16. The van der Waals surface area contributed by atoms with E-state index in [0.717, 1.165) is 12.3 Å². The van der Waals surface area contributed by atoms with Gasteiger partial charge < -0.3 is 0 Å². The molecule has 52 valence electrons. The summed E-state index contributed by atoms with van der Waals surface area (Å²) in [7, 11) is 0. The molecule has 0 bridgehead atoms. The van der Waals surface area contributed by atoms with Crippen LogP contribution in [0.3, 0.4) is 0 Å². The summed E-state index contributed by atoms with van der Waals surface area (Å²) in [6, 6.07) is 0. The van der Waals surface area contributed by atoms with Crippen molar-refractivity contribution in [2.45, 2.75) is 45.4 Å². The average Bonchev–Trinajstić information content (AvgIpc) is 1.91. The highest BCUT2D eigenvalue weighted by Crippen LogP contribution is 2.26. The first-order valence-electron chi connectivity index (χ1n) is 4.17. The lowest BCUT2D eigenvalue weighted by atomic mass is 9.86. The topological polar surface area (TPSA) is 0 Å². The minimum atomic E-state index is 0.851. The van der Waals surface area contributed by atoms with Crippen molar-refractivity contribution < 1.29 is 0 Å². The van der Waals surface area contributed by atoms with Crippen LogP contribution in [0, 0.1) is 12.3 Å². The summed E-state index contributed by atoms with van der Waals surface area (Å²) in [6.45, 7) is 2.19. The minimum Gasteiger partial charge on any atom is -0.0648 e. The van der Waals surface area contributed by atoms with Gasteiger partial charge in [0.15, 0.2) is 0 Å². The van der Waals surface area contributed by atoms with Gasteiger partial charge in [0.05, 0.1) is 0 Å². The molecule has 0 N–H and O–H groups in total. The average molecular weight is 124 g/mol. The monoisotopic (exact) mass is 124 g/mol. The van der Waals surface area contributed by atoms with Gasteiger partial charge in [-0.1, -0.05) is 26.2 Å². The Labute approximate surface area is 58.7 Å². The van der Waals surface area contributed by atoms with Crippen molar-refractivity contribution >= 4 is 0 Å². The molecule has 1 saturated carbocycles. The van der Waals surface area contributed by atoms with Crippen LogP contribution in [0.2, 0.25) is 0 Å². The molecule has 0 unspecified atom stereocenters. The van der Waals surface area contributed by atoms with Crippen LogP contribution in [0.1, 0.15) is 45.4 Å². The van der Waals surface area contributed by atoms with E-state index in [-0.39, 0.29) is 0 Å². The lowest BCUT2D eigenvalue weighted by Gasteiger charge is -2.19. The first-order valence-corrected chi connectivity index (χ1v) is 4.17. The molecule has 0 nitrogen and oxygen atoms in total. The summed E-state index contributed by atoms with van der Waals surface area (Å²) in [5, 5.41) is 0. The second kappa shape index (κ2) is 3.92. The molecule has 0 aromatic heterocycles. The second-order valence-electron chi connectivity index (χ2n) is 2.89. The molecule has 0 aromatic rings. The zero-order chi connectivity index (χ0) is 6.53. The molecule has 1 aliphatic rings. The third-order valence-electron chi connectivity index (χ3n) is 2.10. The molecule has 0 aliphatic heterocycles. The lowest BCUT2D eigenvalue weighted by molar-refractivity contribution is 0.392. The van der Waals surface area contributed by atoms with E-state index in [9.17, 15) is 0 Å². The molecule has 9 heavy (non-hydrogen) atoms. The highest BCUT2D eigenvalue weighted by Gasteiger charge is 2.11. The lowest BCUT2D eigenvalue weighted by Crippen LogP contribution is -2.05. The third kappa shape index (κ3) is 2.38. The SMILES string of the molecule is CC[C]C1CCCCC1. The van der Waals surface area contributed by atoms with Crippen LogP contribution in [0.25, 0.3) is 0 Å². The summed E-state index contributed by atoms with van der Waals surface area (Å²) in [5.41, 5.74) is 0. The molecule has 0 aromatic carbocycles. The van der Waals surface area contributed by atoms with E-state index in [0.29, 0.717) is 0 Å². The molecular weight excluding hydrogens is 108 g/mol. The summed E-state index contributed by atoms with van der Waals surface area (Å²) in [5.74, 6) is 0.851. The normalized spacial score (nSPS) is 22.3. The highest BCUT2D eigenvalue weighted by atomic mass is 14.2. The Kier molecular flexibility index (Phi) is 3.10. The van der Waals surface area contributed by atoms with Gasteiger partial charge in [-0.05, 0) is 31.6 Å². The van der Waals surface area contributed by atoms with Crippen molar-refractivity contribution in [3.8, 4) is 0 Å². The van der Waals surface area contributed by atoms with Crippen LogP contribution >= 0.6 is 0 Å². The van der Waals surface area contributed by atoms with Crippen LogP contribution < -0.4 is 0 Å². The van der Waals surface area contributed by atoms with E-state index in [1.807, 2.05) is 0 Å². The van der Waals surface area contributed by atoms with E-state index in [4.69, 9.17) is 0 Å². The molecule has 0 heteroatoms. The fourth-order valence-corrected chi connectivity index (χ4v) is 1.60. The molecule has 1 fully saturated rings. The molecule has 0 saturated heterocycles. The van der Waals surface area contributed by atoms with E-state index in [1.54, 1.807) is 0 Å². The summed E-state index contributed by atoms with van der Waals surface area (Å²) in [4.78, 5) is 0. The Morgan fingerprint density at radius 1 is 1.22 bits per heavy atom. The number of rotatable bonds is 2. The van der Waals surface area contributed by atoms with Gasteiger partial charge in [-0.2, -0.15) is 0 Å². The van der Waals surface area contributed by atoms with Crippen LogP contribution in [-0.4, -0.2) is 0 Å². The van der Waals surface area contributed by atoms with Gasteiger partial charge in [-0.15, -0.1) is 0 Å². The smallest absolute Gasteiger partial charge is 0.0142 e. The van der Waals surface area contributed by atoms with Crippen LogP contribution in [0.15, 0.2) is 0 Å². The fourth-order valence-electron chi connectivity index (χ4n) is 1.60. The zero-order valence-corrected chi connectivity index (χ0v) is 6.32. The van der Waals surface area contributed by atoms with Crippen molar-refractivity contribution in [1.82, 2.24) is 0 Å². The fraction of sp³-hybridized carbons (Fsp3) is 0.889. The third-order valence-corrected chi connectivity index (χ3v) is 2.10. The highest BCUT2D eigenvalue weighted by molar-refractivity contribution is 4.77. The molecule has 1 rings (SSSR count). The Hall–Kier alpha value is 0. The van der Waals surface area contributed by atoms with Gasteiger partial charge in [0.1, 0.15) is 0 Å². The maximum Gasteiger partial charge on any atom is -0.0142 e. The molecule has 0 atom stereocenters. The van der Waals surface area contributed by atoms with E-state index in [1.165, 1.54) is 32.1 Å². The van der Waals surface area contributed by atoms with Gasteiger partial charge in [-0.3, -0.25) is 0 Å². The summed E-state index contributed by atoms with van der Waals surface area (Å²) >= 11 is 0. The van der Waals surface area contributed by atoms with Crippen LogP contribution in [0.4, 0.5) is 0 Å². The standard InChI is InChI=1S/C9H16/c1-2-6-9-7-4-3-5-8-9/h9H,2-5,7-8H2,1H3. The Morgan fingerprint density at radius 2 is 1.89 bits per heavy atom. The second-order valence-corrected chi connectivity index (χ2v) is 2.89. The molecule has 1 aliphatic carbocycles. The van der Waals surface area contributed by atoms with Gasteiger partial charge in [0.2, 0.25) is 0 Å². The molecule has 2 radical (unpaired) electrons. The van der Waals surface area contributed by atoms with Gasteiger partial charge in [0.25, 0.3) is 0 Å². The Bertz CT molecular complexity index is 57.7. The van der Waals surface area contributed by atoms with Crippen molar-refractivity contribution in [3.05, 3.63) is 6.42 Å². The first kappa shape index (κ1) is 7.11. The minimum absolute atomic E-state index is 0.851. The predicted molar refractivity (Wildman–Crippen MR) is 40.1 cm³/mol. The Morgan fingerprint density at radius 3 is 2.44 bits per heavy atom. The maximum absolute atomic E-state index is 3.48. The van der Waals surface area contributed by atoms with Crippen LogP contribution in [0.5, 0.6) is 0 Å². The quantitative estimate of drug-likeness (QED) is 0.530. The maximum atomic E-state index is 3.48. The predicted octanol–water partition coefficient (Wildman–Crippen LogP) is 3.06. The summed E-state index contributed by atoms with van der Waals surface area (Å²) < 4.78 is 0. The molecule has 0 heterocycles. The largest absolute Gasteiger partial charge is 0.0648 e. The Balaban J connectivity index is 2.08. The molecule has 0 spiro atoms. The molecule has 0 amide bonds. The first-order chi connectivity index (χ1) is 4.43. The number of hydrogen-bond acceptors (Lipinski definition) is 0. The van der Waals surface area contributed by atoms with E-state index >= 15 is 0 Å². The van der Waals surface area contributed by atoms with Crippen molar-refractivity contribution in [2.75, 3.05) is 0 Å². The van der Waals surface area contributed by atoms with Crippen LogP contribution in [-0.2, 0) is 0 Å².